The van der Waals surface area contributed by atoms with Crippen molar-refractivity contribution in [2.24, 2.45) is 5.92 Å². The molecule has 1 aliphatic rings. The van der Waals surface area contributed by atoms with Crippen molar-refractivity contribution in [3.05, 3.63) is 58.9 Å². The van der Waals surface area contributed by atoms with Gasteiger partial charge in [0.05, 0.1) is 17.7 Å². The molecular weight excluding hydrogens is 414 g/mol. The van der Waals surface area contributed by atoms with Gasteiger partial charge >= 0.3 is 0 Å². The predicted octanol–water partition coefficient (Wildman–Crippen LogP) is 2.74. The van der Waals surface area contributed by atoms with Gasteiger partial charge in [0.25, 0.3) is 5.69 Å². The van der Waals surface area contributed by atoms with E-state index in [-0.39, 0.29) is 17.5 Å². The molecule has 3 aromatic rings. The van der Waals surface area contributed by atoms with Crippen LogP contribution in [0.1, 0.15) is 18.7 Å². The van der Waals surface area contributed by atoms with Crippen LogP contribution in [-0.4, -0.2) is 50.5 Å². The van der Waals surface area contributed by atoms with Crippen molar-refractivity contribution in [2.75, 3.05) is 30.4 Å². The van der Waals surface area contributed by atoms with Gasteiger partial charge in [-0.1, -0.05) is 0 Å². The molecule has 1 aliphatic heterocycles. The standard InChI is InChI=1S/C21H23N7O4/c1-14-22-7-10-27(14)20-12-19(23-13-24-20)26-8-5-15(6-9-26)21(29)25-17-11-16(28(30)31)3-4-18(17)32-2/h3-4,7,10-13,15H,5-6,8-9H2,1-2H3,(H,25,29). The highest BCUT2D eigenvalue weighted by Crippen LogP contribution is 2.30. The summed E-state index contributed by atoms with van der Waals surface area (Å²) < 4.78 is 7.11. The molecule has 11 heteroatoms. The normalized spacial score (nSPS) is 14.2. The van der Waals surface area contributed by atoms with Gasteiger partial charge in [0, 0.05) is 49.6 Å². The van der Waals surface area contributed by atoms with Crippen LogP contribution < -0.4 is 15.0 Å². The van der Waals surface area contributed by atoms with Crippen molar-refractivity contribution < 1.29 is 14.5 Å². The summed E-state index contributed by atoms with van der Waals surface area (Å²) in [6.07, 6.45) is 6.36. The summed E-state index contributed by atoms with van der Waals surface area (Å²) in [5.41, 5.74) is 0.189. The number of ether oxygens (including phenoxy) is 1. The molecule has 2 aromatic heterocycles. The van der Waals surface area contributed by atoms with Crippen LogP contribution >= 0.6 is 0 Å². The van der Waals surface area contributed by atoms with Gasteiger partial charge in [0.2, 0.25) is 5.91 Å². The molecular formula is C21H23N7O4. The molecule has 11 nitrogen and oxygen atoms in total. The van der Waals surface area contributed by atoms with Crippen LogP contribution in [0.3, 0.4) is 0 Å². The first-order valence-electron chi connectivity index (χ1n) is 10.2. The molecule has 0 saturated carbocycles. The van der Waals surface area contributed by atoms with Crippen LogP contribution in [0.15, 0.2) is 43.0 Å². The van der Waals surface area contributed by atoms with Crippen molar-refractivity contribution in [3.8, 4) is 11.6 Å². The number of hydrogen-bond donors (Lipinski definition) is 1. The molecule has 3 heterocycles. The fraction of sp³-hybridized carbons (Fsp3) is 0.333. The number of carbonyl (C=O) groups is 1. The predicted molar refractivity (Wildman–Crippen MR) is 117 cm³/mol. The van der Waals surface area contributed by atoms with Gasteiger partial charge in [-0.05, 0) is 25.8 Å². The number of benzene rings is 1. The van der Waals surface area contributed by atoms with E-state index in [0.29, 0.717) is 37.4 Å². The van der Waals surface area contributed by atoms with Crippen LogP contribution in [0.2, 0.25) is 0 Å². The molecule has 0 unspecified atom stereocenters. The highest BCUT2D eigenvalue weighted by molar-refractivity contribution is 5.94. The number of amides is 1. The average molecular weight is 437 g/mol. The van der Waals surface area contributed by atoms with Crippen LogP contribution in [0.4, 0.5) is 17.2 Å². The van der Waals surface area contributed by atoms with Gasteiger partial charge in [0.1, 0.15) is 29.5 Å². The largest absolute Gasteiger partial charge is 0.495 e. The Labute approximate surface area is 184 Å². The third kappa shape index (κ3) is 4.36. The highest BCUT2D eigenvalue weighted by atomic mass is 16.6. The monoisotopic (exact) mass is 437 g/mol. The molecule has 0 radical (unpaired) electrons. The maximum Gasteiger partial charge on any atom is 0.271 e. The van der Waals surface area contributed by atoms with E-state index in [9.17, 15) is 14.9 Å². The third-order valence-electron chi connectivity index (χ3n) is 5.55. The summed E-state index contributed by atoms with van der Waals surface area (Å²) >= 11 is 0. The maximum absolute atomic E-state index is 12.8. The number of nitrogens with zero attached hydrogens (tertiary/aromatic N) is 6. The van der Waals surface area contributed by atoms with Gasteiger partial charge < -0.3 is 15.0 Å². The first kappa shape index (κ1) is 21.2. The first-order chi connectivity index (χ1) is 15.5. The van der Waals surface area contributed by atoms with Crippen molar-refractivity contribution in [3.63, 3.8) is 0 Å². The highest BCUT2D eigenvalue weighted by Gasteiger charge is 2.27. The second-order valence-corrected chi connectivity index (χ2v) is 7.47. The van der Waals surface area contributed by atoms with Crippen LogP contribution in [0.5, 0.6) is 5.75 Å². The molecule has 1 aromatic carbocycles. The minimum atomic E-state index is -0.505. The minimum Gasteiger partial charge on any atom is -0.495 e. The van der Waals surface area contributed by atoms with E-state index >= 15 is 0 Å². The van der Waals surface area contributed by atoms with Crippen LogP contribution in [0, 0.1) is 23.0 Å². The van der Waals surface area contributed by atoms with Gasteiger partial charge in [-0.15, -0.1) is 0 Å². The second kappa shape index (κ2) is 9.00. The van der Waals surface area contributed by atoms with Gasteiger partial charge in [0.15, 0.2) is 0 Å². The van der Waals surface area contributed by atoms with E-state index in [2.05, 4.69) is 25.2 Å². The van der Waals surface area contributed by atoms with Gasteiger partial charge in [-0.25, -0.2) is 15.0 Å². The SMILES string of the molecule is COc1ccc([N+](=O)[O-])cc1NC(=O)C1CCN(c2cc(-n3ccnc3C)ncn2)CC1. The van der Waals surface area contributed by atoms with Crippen LogP contribution in [-0.2, 0) is 4.79 Å². The fourth-order valence-corrected chi connectivity index (χ4v) is 3.77. The molecule has 0 bridgehead atoms. The summed E-state index contributed by atoms with van der Waals surface area (Å²) in [5, 5.41) is 13.9. The number of anilines is 2. The Bertz CT molecular complexity index is 1140. The number of rotatable bonds is 6. The number of carbonyl (C=O) groups excluding carboxylic acids is 1. The Balaban J connectivity index is 1.41. The number of aromatic nitrogens is 4. The Kier molecular flexibility index (Phi) is 5.97. The zero-order chi connectivity index (χ0) is 22.7. The summed E-state index contributed by atoms with van der Waals surface area (Å²) in [6.45, 7) is 3.22. The number of methoxy groups -OCH3 is 1. The minimum absolute atomic E-state index is 0.108. The third-order valence-corrected chi connectivity index (χ3v) is 5.55. The zero-order valence-electron chi connectivity index (χ0n) is 17.8. The van der Waals surface area contributed by atoms with Crippen molar-refractivity contribution in [2.45, 2.75) is 19.8 Å². The second-order valence-electron chi connectivity index (χ2n) is 7.47. The Morgan fingerprint density at radius 1 is 1.19 bits per heavy atom. The number of piperidine rings is 1. The number of nitro benzene ring substituents is 1. The van der Waals surface area contributed by atoms with E-state index in [0.717, 1.165) is 17.5 Å². The molecule has 32 heavy (non-hydrogen) atoms. The molecule has 1 fully saturated rings. The summed E-state index contributed by atoms with van der Waals surface area (Å²) in [5.74, 6) is 2.35. The smallest absolute Gasteiger partial charge is 0.271 e. The van der Waals surface area contributed by atoms with Crippen molar-refractivity contribution in [1.29, 1.82) is 0 Å². The lowest BCUT2D eigenvalue weighted by Gasteiger charge is -2.32. The summed E-state index contributed by atoms with van der Waals surface area (Å²) in [4.78, 5) is 38.4. The van der Waals surface area contributed by atoms with Gasteiger partial charge in [-0.3, -0.25) is 19.5 Å². The Morgan fingerprint density at radius 2 is 1.94 bits per heavy atom. The zero-order valence-corrected chi connectivity index (χ0v) is 17.8. The molecule has 0 aliphatic carbocycles. The topological polar surface area (TPSA) is 128 Å². The van der Waals surface area contributed by atoms with E-state index in [1.807, 2.05) is 23.8 Å². The fourth-order valence-electron chi connectivity index (χ4n) is 3.77. The molecule has 0 atom stereocenters. The Hall–Kier alpha value is -4.02. The molecule has 4 rings (SSSR count). The van der Waals surface area contributed by atoms with Crippen molar-refractivity contribution in [1.82, 2.24) is 19.5 Å². The molecule has 1 amide bonds. The lowest BCUT2D eigenvalue weighted by atomic mass is 9.95. The molecule has 1 N–H and O–H groups in total. The lowest BCUT2D eigenvalue weighted by molar-refractivity contribution is -0.384. The maximum atomic E-state index is 12.8. The van der Waals surface area contributed by atoms with E-state index in [1.165, 1.54) is 31.6 Å². The Morgan fingerprint density at radius 3 is 2.59 bits per heavy atom. The molecule has 166 valence electrons. The number of nitro groups is 1. The van der Waals surface area contributed by atoms with Crippen LogP contribution in [0.25, 0.3) is 5.82 Å². The molecule has 0 spiro atoms. The van der Waals surface area contributed by atoms with E-state index < -0.39 is 4.92 Å². The number of imidazole rings is 1. The number of nitrogens with one attached hydrogen (secondary N) is 1. The number of aryl methyl sites for hydroxylation is 1. The summed E-state index contributed by atoms with van der Waals surface area (Å²) in [7, 11) is 1.45. The van der Waals surface area contributed by atoms with E-state index in [1.54, 1.807) is 6.20 Å². The average Bonchev–Trinajstić information content (AvgIpc) is 3.25. The lowest BCUT2D eigenvalue weighted by Crippen LogP contribution is -2.38. The summed E-state index contributed by atoms with van der Waals surface area (Å²) in [6, 6.07) is 6.04. The van der Waals surface area contributed by atoms with Crippen molar-refractivity contribution >= 4 is 23.1 Å². The first-order valence-corrected chi connectivity index (χ1v) is 10.2. The number of non-ortho nitro benzene ring substituents is 1. The molecule has 1 saturated heterocycles. The quantitative estimate of drug-likeness (QED) is 0.460. The van der Waals surface area contributed by atoms with E-state index in [4.69, 9.17) is 4.74 Å². The number of hydrogen-bond acceptors (Lipinski definition) is 8. The van der Waals surface area contributed by atoms with Gasteiger partial charge in [-0.2, -0.15) is 0 Å².